The van der Waals surface area contributed by atoms with Gasteiger partial charge in [-0.3, -0.25) is 0 Å². The van der Waals surface area contributed by atoms with Gasteiger partial charge in [-0.1, -0.05) is 54.6 Å². The van der Waals surface area contributed by atoms with E-state index in [9.17, 15) is 4.79 Å². The molecule has 0 unspecified atom stereocenters. The van der Waals surface area contributed by atoms with E-state index >= 15 is 0 Å². The first-order valence-corrected chi connectivity index (χ1v) is 7.79. The fraction of sp³-hybridized carbons (Fsp3) is 0.0476. The first kappa shape index (κ1) is 14.4. The lowest BCUT2D eigenvalue weighted by atomic mass is 10.0. The Kier molecular flexibility index (Phi) is 3.47. The molecule has 0 aliphatic rings. The lowest BCUT2D eigenvalue weighted by Gasteiger charge is -2.05. The molecule has 1 heterocycles. The Balaban J connectivity index is 1.81. The van der Waals surface area contributed by atoms with Crippen LogP contribution in [-0.4, -0.2) is 4.98 Å². The van der Waals surface area contributed by atoms with Crippen LogP contribution in [0.5, 0.6) is 0 Å². The van der Waals surface area contributed by atoms with E-state index in [4.69, 9.17) is 4.42 Å². The highest BCUT2D eigenvalue weighted by Crippen LogP contribution is 2.24. The quantitative estimate of drug-likeness (QED) is 0.532. The molecule has 3 aromatic carbocycles. The van der Waals surface area contributed by atoms with Gasteiger partial charge < -0.3 is 4.42 Å². The van der Waals surface area contributed by atoms with Crippen LogP contribution in [0.25, 0.3) is 33.5 Å². The summed E-state index contributed by atoms with van der Waals surface area (Å²) in [6, 6.07) is 23.5. The number of aryl methyl sites for hydroxylation is 1. The molecular formula is C21H15NO2. The Bertz CT molecular complexity index is 1060. The fourth-order valence-corrected chi connectivity index (χ4v) is 2.80. The molecule has 0 N–H and O–H groups in total. The molecule has 24 heavy (non-hydrogen) atoms. The number of benzene rings is 3. The van der Waals surface area contributed by atoms with Gasteiger partial charge in [-0.15, -0.1) is 0 Å². The number of hydrogen-bond acceptors (Lipinski definition) is 3. The Labute approximate surface area is 139 Å². The third-order valence-corrected chi connectivity index (χ3v) is 4.10. The molecule has 0 radical (unpaired) electrons. The first-order chi connectivity index (χ1) is 11.7. The summed E-state index contributed by atoms with van der Waals surface area (Å²) in [5.41, 5.74) is 4.34. The number of aromatic nitrogens is 1. The lowest BCUT2D eigenvalue weighted by Crippen LogP contribution is -2.03. The summed E-state index contributed by atoms with van der Waals surface area (Å²) in [5.74, 6) is 0.349. The maximum atomic E-state index is 12.2. The molecule has 1 aromatic heterocycles. The zero-order chi connectivity index (χ0) is 16.5. The summed E-state index contributed by atoms with van der Waals surface area (Å²) < 4.78 is 5.41. The number of nitrogens with zero attached hydrogens (tertiary/aromatic N) is 1. The molecule has 116 valence electrons. The molecule has 0 atom stereocenters. The summed E-state index contributed by atoms with van der Waals surface area (Å²) in [6.07, 6.45) is 0. The van der Waals surface area contributed by atoms with Crippen LogP contribution in [0, 0.1) is 6.92 Å². The van der Waals surface area contributed by atoms with Gasteiger partial charge in [-0.2, -0.15) is 0 Å². The third-order valence-electron chi connectivity index (χ3n) is 4.10. The maximum absolute atomic E-state index is 12.2. The highest BCUT2D eigenvalue weighted by atomic mass is 16.4. The topological polar surface area (TPSA) is 43.1 Å². The van der Waals surface area contributed by atoms with Crippen LogP contribution < -0.4 is 5.63 Å². The van der Waals surface area contributed by atoms with Crippen LogP contribution >= 0.6 is 0 Å². The van der Waals surface area contributed by atoms with E-state index in [1.807, 2.05) is 61.5 Å². The van der Waals surface area contributed by atoms with Crippen LogP contribution in [-0.2, 0) is 0 Å². The van der Waals surface area contributed by atoms with E-state index < -0.39 is 0 Å². The minimum Gasteiger partial charge on any atom is -0.403 e. The average molecular weight is 313 g/mol. The van der Waals surface area contributed by atoms with E-state index in [0.717, 1.165) is 22.3 Å². The van der Waals surface area contributed by atoms with Crippen molar-refractivity contribution >= 4 is 10.9 Å². The van der Waals surface area contributed by atoms with Gasteiger partial charge in [0.25, 0.3) is 0 Å². The second kappa shape index (κ2) is 5.78. The summed E-state index contributed by atoms with van der Waals surface area (Å²) in [6.45, 7) is 1.94. The molecule has 0 saturated carbocycles. The second-order valence-electron chi connectivity index (χ2n) is 5.72. The molecule has 0 aliphatic carbocycles. The summed E-state index contributed by atoms with van der Waals surface area (Å²) in [4.78, 5) is 16.7. The minimum atomic E-state index is -0.356. The Morgan fingerprint density at radius 2 is 1.42 bits per heavy atom. The minimum absolute atomic E-state index is 0.349. The van der Waals surface area contributed by atoms with Crippen LogP contribution in [0.15, 0.2) is 82.0 Å². The number of fused-ring (bicyclic) bond motifs is 1. The monoisotopic (exact) mass is 313 g/mol. The zero-order valence-electron chi connectivity index (χ0n) is 13.2. The van der Waals surface area contributed by atoms with Crippen molar-refractivity contribution in [1.29, 1.82) is 0 Å². The molecule has 0 fully saturated rings. The van der Waals surface area contributed by atoms with Crippen molar-refractivity contribution in [2.75, 3.05) is 0 Å². The van der Waals surface area contributed by atoms with E-state index in [1.54, 1.807) is 6.07 Å². The van der Waals surface area contributed by atoms with Gasteiger partial charge in [-0.25, -0.2) is 9.78 Å². The number of hydrogen-bond donors (Lipinski definition) is 0. The van der Waals surface area contributed by atoms with Gasteiger partial charge in [0.1, 0.15) is 0 Å². The molecule has 4 rings (SSSR count). The summed E-state index contributed by atoms with van der Waals surface area (Å²) >= 11 is 0. The second-order valence-corrected chi connectivity index (χ2v) is 5.72. The number of rotatable bonds is 2. The van der Waals surface area contributed by atoms with E-state index in [1.165, 1.54) is 0 Å². The van der Waals surface area contributed by atoms with E-state index in [0.29, 0.717) is 16.8 Å². The van der Waals surface area contributed by atoms with Gasteiger partial charge in [0.15, 0.2) is 0 Å². The van der Waals surface area contributed by atoms with Crippen LogP contribution in [0.4, 0.5) is 0 Å². The molecule has 3 nitrogen and oxygen atoms in total. The Hall–Kier alpha value is -3.20. The molecule has 0 saturated heterocycles. The third kappa shape index (κ3) is 2.50. The van der Waals surface area contributed by atoms with Gasteiger partial charge >= 0.3 is 5.63 Å². The Morgan fingerprint density at radius 1 is 0.750 bits per heavy atom. The predicted molar refractivity (Wildman–Crippen MR) is 95.9 cm³/mol. The highest BCUT2D eigenvalue weighted by Gasteiger charge is 2.10. The summed E-state index contributed by atoms with van der Waals surface area (Å²) in [5, 5.41) is 0.514. The van der Waals surface area contributed by atoms with Crippen LogP contribution in [0.1, 0.15) is 5.56 Å². The van der Waals surface area contributed by atoms with Crippen molar-refractivity contribution in [3.63, 3.8) is 0 Å². The van der Waals surface area contributed by atoms with Crippen molar-refractivity contribution < 1.29 is 4.42 Å². The fourth-order valence-electron chi connectivity index (χ4n) is 2.80. The molecule has 0 amide bonds. The highest BCUT2D eigenvalue weighted by molar-refractivity contribution is 5.81. The Morgan fingerprint density at radius 3 is 2.17 bits per heavy atom. The molecule has 3 heteroatoms. The standard InChI is InChI=1S/C21H15NO2/c1-14-6-5-9-18-19(14)22-20(24-21(18)23)17-12-10-16(11-13-17)15-7-3-2-4-8-15/h2-13H,1H3. The van der Waals surface area contributed by atoms with Crippen molar-refractivity contribution in [3.8, 4) is 22.6 Å². The van der Waals surface area contributed by atoms with Crippen LogP contribution in [0.3, 0.4) is 0 Å². The van der Waals surface area contributed by atoms with Crippen LogP contribution in [0.2, 0.25) is 0 Å². The number of para-hydroxylation sites is 1. The molecular weight excluding hydrogens is 298 g/mol. The SMILES string of the molecule is Cc1cccc2c(=O)oc(-c3ccc(-c4ccccc4)cc3)nc12. The average Bonchev–Trinajstić information content (AvgIpc) is 2.63. The predicted octanol–water partition coefficient (Wildman–Crippen LogP) is 4.83. The first-order valence-electron chi connectivity index (χ1n) is 7.79. The van der Waals surface area contributed by atoms with Crippen molar-refractivity contribution in [1.82, 2.24) is 4.98 Å². The van der Waals surface area contributed by atoms with Crippen molar-refractivity contribution in [2.45, 2.75) is 6.92 Å². The van der Waals surface area contributed by atoms with E-state index in [-0.39, 0.29) is 5.63 Å². The lowest BCUT2D eigenvalue weighted by molar-refractivity contribution is 0.518. The molecule has 0 bridgehead atoms. The van der Waals surface area contributed by atoms with Crippen molar-refractivity contribution in [3.05, 3.63) is 88.8 Å². The smallest absolute Gasteiger partial charge is 0.347 e. The molecule has 0 spiro atoms. The van der Waals surface area contributed by atoms with Gasteiger partial charge in [0, 0.05) is 5.56 Å². The largest absolute Gasteiger partial charge is 0.403 e. The van der Waals surface area contributed by atoms with E-state index in [2.05, 4.69) is 17.1 Å². The zero-order valence-corrected chi connectivity index (χ0v) is 13.2. The molecule has 4 aromatic rings. The molecule has 0 aliphatic heterocycles. The van der Waals surface area contributed by atoms with Gasteiger partial charge in [0.2, 0.25) is 5.89 Å². The maximum Gasteiger partial charge on any atom is 0.347 e. The van der Waals surface area contributed by atoms with Crippen molar-refractivity contribution in [2.24, 2.45) is 0 Å². The normalized spacial score (nSPS) is 10.9. The van der Waals surface area contributed by atoms with Gasteiger partial charge in [-0.05, 0) is 41.8 Å². The summed E-state index contributed by atoms with van der Waals surface area (Å²) in [7, 11) is 0. The van der Waals surface area contributed by atoms with Gasteiger partial charge in [0.05, 0.1) is 10.9 Å².